The molecule has 0 spiro atoms. The minimum Gasteiger partial charge on any atom is -0.271 e. The second-order valence-electron chi connectivity index (χ2n) is 7.81. The van der Waals surface area contributed by atoms with Gasteiger partial charge < -0.3 is 0 Å². The molecule has 1 amide bonds. The first kappa shape index (κ1) is 22.5. The summed E-state index contributed by atoms with van der Waals surface area (Å²) in [6.07, 6.45) is 0.955. The summed E-state index contributed by atoms with van der Waals surface area (Å²) < 4.78 is 38.4. The largest absolute Gasteiger partial charge is 0.271 e. The maximum Gasteiger partial charge on any atom is 0.260 e. The number of carbonyl (C=O) groups is 1. The molecule has 2 aromatic rings. The maximum absolute atomic E-state index is 13.5. The molecular weight excluding hydrogens is 393 g/mol. The Morgan fingerprint density at radius 2 is 1.76 bits per heavy atom. The van der Waals surface area contributed by atoms with Gasteiger partial charge in [-0.15, -0.1) is 0 Å². The van der Waals surface area contributed by atoms with Crippen molar-refractivity contribution in [1.29, 1.82) is 0 Å². The number of nitrogens with zero attached hydrogens (tertiary/aromatic N) is 2. The number of amides is 1. The molecule has 0 saturated heterocycles. The number of anilines is 1. The molecular formula is C21H26FN3O3S. The van der Waals surface area contributed by atoms with Gasteiger partial charge in [0.15, 0.2) is 0 Å². The minimum atomic E-state index is -3.78. The molecule has 0 bridgehead atoms. The highest BCUT2D eigenvalue weighted by molar-refractivity contribution is 7.92. The Bertz CT molecular complexity index is 1010. The van der Waals surface area contributed by atoms with Gasteiger partial charge in [0.05, 0.1) is 17.7 Å². The van der Waals surface area contributed by atoms with Gasteiger partial charge in [0.1, 0.15) is 12.4 Å². The molecule has 1 N–H and O–H groups in total. The summed E-state index contributed by atoms with van der Waals surface area (Å²) in [5.74, 6) is -1.23. The van der Waals surface area contributed by atoms with Crippen molar-refractivity contribution in [2.45, 2.75) is 33.1 Å². The normalized spacial score (nSPS) is 12.6. The van der Waals surface area contributed by atoms with Gasteiger partial charge in [-0.3, -0.25) is 9.10 Å². The van der Waals surface area contributed by atoms with Crippen molar-refractivity contribution in [2.75, 3.05) is 17.1 Å². The molecule has 0 heterocycles. The lowest BCUT2D eigenvalue weighted by atomic mass is 9.86. The molecule has 0 atom stereocenters. The van der Waals surface area contributed by atoms with E-state index >= 15 is 0 Å². The smallest absolute Gasteiger partial charge is 0.260 e. The fourth-order valence-corrected chi connectivity index (χ4v) is 3.47. The van der Waals surface area contributed by atoms with Crippen molar-refractivity contribution >= 4 is 27.3 Å². The Hall–Kier alpha value is -2.74. The van der Waals surface area contributed by atoms with Crippen LogP contribution < -0.4 is 9.73 Å². The zero-order chi connectivity index (χ0) is 21.8. The predicted octanol–water partition coefficient (Wildman–Crippen LogP) is 3.43. The summed E-state index contributed by atoms with van der Waals surface area (Å²) in [7, 11) is -3.78. The van der Waals surface area contributed by atoms with Gasteiger partial charge in [0, 0.05) is 0 Å². The van der Waals surface area contributed by atoms with Crippen LogP contribution >= 0.6 is 0 Å². The topological polar surface area (TPSA) is 78.8 Å². The van der Waals surface area contributed by atoms with Crippen LogP contribution in [0.15, 0.2) is 53.6 Å². The number of halogens is 1. The molecule has 0 fully saturated rings. The summed E-state index contributed by atoms with van der Waals surface area (Å²) in [6, 6.07) is 12.9. The van der Waals surface area contributed by atoms with Gasteiger partial charge in [-0.05, 0) is 41.7 Å². The molecule has 0 aromatic heterocycles. The van der Waals surface area contributed by atoms with Crippen LogP contribution in [-0.2, 0) is 20.2 Å². The highest BCUT2D eigenvalue weighted by atomic mass is 32.2. The Balaban J connectivity index is 2.12. The van der Waals surface area contributed by atoms with Crippen LogP contribution in [0, 0.1) is 5.82 Å². The Labute approximate surface area is 171 Å². The third-order valence-electron chi connectivity index (χ3n) is 4.30. The van der Waals surface area contributed by atoms with Crippen molar-refractivity contribution in [3.8, 4) is 0 Å². The van der Waals surface area contributed by atoms with Crippen LogP contribution in [0.3, 0.4) is 0 Å². The average molecular weight is 420 g/mol. The maximum atomic E-state index is 13.5. The number of hydrazone groups is 1. The van der Waals surface area contributed by atoms with Gasteiger partial charge in [0.2, 0.25) is 10.0 Å². The van der Waals surface area contributed by atoms with E-state index in [-0.39, 0.29) is 11.1 Å². The van der Waals surface area contributed by atoms with E-state index < -0.39 is 28.3 Å². The average Bonchev–Trinajstić information content (AvgIpc) is 2.62. The van der Waals surface area contributed by atoms with Gasteiger partial charge in [-0.1, -0.05) is 51.1 Å². The van der Waals surface area contributed by atoms with Crippen molar-refractivity contribution in [3.63, 3.8) is 0 Å². The number of carbonyl (C=O) groups excluding carboxylic acids is 1. The van der Waals surface area contributed by atoms with E-state index in [4.69, 9.17) is 0 Å². The molecule has 0 radical (unpaired) electrons. The summed E-state index contributed by atoms with van der Waals surface area (Å²) in [6.45, 7) is 7.59. The van der Waals surface area contributed by atoms with Crippen molar-refractivity contribution in [3.05, 3.63) is 65.5 Å². The van der Waals surface area contributed by atoms with Gasteiger partial charge in [-0.2, -0.15) is 5.10 Å². The SMILES string of the molecule is C/C(=N/NC(=O)CN(c1cccc(F)c1)S(C)(=O)=O)c1ccc(C(C)(C)C)cc1. The molecule has 2 aromatic carbocycles. The van der Waals surface area contributed by atoms with Gasteiger partial charge in [0.25, 0.3) is 5.91 Å². The second-order valence-corrected chi connectivity index (χ2v) is 9.72. The van der Waals surface area contributed by atoms with E-state index in [9.17, 15) is 17.6 Å². The molecule has 156 valence electrons. The van der Waals surface area contributed by atoms with E-state index in [2.05, 4.69) is 31.3 Å². The fraction of sp³-hybridized carbons (Fsp3) is 0.333. The van der Waals surface area contributed by atoms with Crippen LogP contribution in [0.5, 0.6) is 0 Å². The van der Waals surface area contributed by atoms with E-state index in [1.165, 1.54) is 23.8 Å². The molecule has 6 nitrogen and oxygen atoms in total. The molecule has 29 heavy (non-hydrogen) atoms. The van der Waals surface area contributed by atoms with E-state index in [0.717, 1.165) is 22.2 Å². The zero-order valence-electron chi connectivity index (χ0n) is 17.2. The molecule has 0 unspecified atom stereocenters. The van der Waals surface area contributed by atoms with Crippen molar-refractivity contribution in [1.82, 2.24) is 5.43 Å². The number of nitrogens with one attached hydrogen (secondary N) is 1. The third kappa shape index (κ3) is 6.39. The van der Waals surface area contributed by atoms with Crippen molar-refractivity contribution in [2.24, 2.45) is 5.10 Å². The number of sulfonamides is 1. The van der Waals surface area contributed by atoms with Gasteiger partial charge in [-0.25, -0.2) is 18.2 Å². The summed E-state index contributed by atoms with van der Waals surface area (Å²) in [5.41, 5.74) is 5.06. The summed E-state index contributed by atoms with van der Waals surface area (Å²) in [5, 5.41) is 4.05. The first-order chi connectivity index (χ1) is 13.4. The van der Waals surface area contributed by atoms with Crippen molar-refractivity contribution < 1.29 is 17.6 Å². The lowest BCUT2D eigenvalue weighted by molar-refractivity contribution is -0.119. The minimum absolute atomic E-state index is 0.0316. The predicted molar refractivity (Wildman–Crippen MR) is 114 cm³/mol. The lowest BCUT2D eigenvalue weighted by Crippen LogP contribution is -2.39. The Kier molecular flexibility index (Phi) is 6.79. The van der Waals surface area contributed by atoms with Crippen LogP contribution in [-0.4, -0.2) is 32.8 Å². The van der Waals surface area contributed by atoms with E-state index in [0.29, 0.717) is 5.71 Å². The van der Waals surface area contributed by atoms with E-state index in [1.54, 1.807) is 6.92 Å². The van der Waals surface area contributed by atoms with E-state index in [1.807, 2.05) is 24.3 Å². The quantitative estimate of drug-likeness (QED) is 0.576. The number of benzene rings is 2. The number of hydrogen-bond acceptors (Lipinski definition) is 4. The second kappa shape index (κ2) is 8.73. The van der Waals surface area contributed by atoms with Crippen LogP contribution in [0.1, 0.15) is 38.8 Å². The van der Waals surface area contributed by atoms with Crippen LogP contribution in [0.2, 0.25) is 0 Å². The first-order valence-corrected chi connectivity index (χ1v) is 10.9. The highest BCUT2D eigenvalue weighted by Gasteiger charge is 2.21. The van der Waals surface area contributed by atoms with Crippen LogP contribution in [0.4, 0.5) is 10.1 Å². The Morgan fingerprint density at radius 1 is 1.14 bits per heavy atom. The molecule has 0 saturated carbocycles. The summed E-state index contributed by atoms with van der Waals surface area (Å²) >= 11 is 0. The van der Waals surface area contributed by atoms with Gasteiger partial charge >= 0.3 is 0 Å². The van der Waals surface area contributed by atoms with Crippen LogP contribution in [0.25, 0.3) is 0 Å². The lowest BCUT2D eigenvalue weighted by Gasteiger charge is -2.21. The molecule has 0 aliphatic rings. The summed E-state index contributed by atoms with van der Waals surface area (Å²) in [4.78, 5) is 12.3. The molecule has 0 aliphatic heterocycles. The standard InChI is InChI=1S/C21H26FN3O3S/c1-15(16-9-11-17(12-10-16)21(2,3)4)23-24-20(26)14-25(29(5,27)28)19-8-6-7-18(22)13-19/h6-13H,14H2,1-5H3,(H,24,26)/b23-15-. The number of hydrogen-bond donors (Lipinski definition) is 1. The zero-order valence-corrected chi connectivity index (χ0v) is 18.0. The molecule has 0 aliphatic carbocycles. The monoisotopic (exact) mass is 419 g/mol. The molecule has 8 heteroatoms. The Morgan fingerprint density at radius 3 is 2.28 bits per heavy atom. The third-order valence-corrected chi connectivity index (χ3v) is 5.44. The first-order valence-electron chi connectivity index (χ1n) is 9.05. The number of rotatable bonds is 6. The molecule has 2 rings (SSSR count). The fourth-order valence-electron chi connectivity index (χ4n) is 2.62. The highest BCUT2D eigenvalue weighted by Crippen LogP contribution is 2.22.